The van der Waals surface area contributed by atoms with E-state index in [0.717, 1.165) is 16.0 Å². The Hall–Kier alpha value is -2.71. The fourth-order valence-electron chi connectivity index (χ4n) is 2.61. The second-order valence-electron chi connectivity index (χ2n) is 7.42. The molecule has 0 aliphatic rings. The van der Waals surface area contributed by atoms with Gasteiger partial charge in [0, 0.05) is 23.5 Å². The van der Waals surface area contributed by atoms with Gasteiger partial charge in [0.05, 0.1) is 13.0 Å². The highest BCUT2D eigenvalue weighted by molar-refractivity contribution is 7.10. The van der Waals surface area contributed by atoms with Crippen molar-refractivity contribution in [1.82, 2.24) is 10.6 Å². The highest BCUT2D eigenvalue weighted by Crippen LogP contribution is 2.29. The monoisotopic (exact) mass is 418 g/mol. The topological polar surface area (TPSA) is 105 Å². The first-order chi connectivity index (χ1) is 13.7. The Kier molecular flexibility index (Phi) is 7.92. The minimum absolute atomic E-state index is 0.0223. The van der Waals surface area contributed by atoms with Gasteiger partial charge >= 0.3 is 11.9 Å². The first-order valence-corrected chi connectivity index (χ1v) is 10.1. The van der Waals surface area contributed by atoms with Crippen molar-refractivity contribution in [2.75, 3.05) is 19.6 Å². The molecule has 0 aliphatic carbocycles. The number of benzene rings is 1. The molecular formula is C21H26N2O5S. The minimum atomic E-state index is -0.870. The summed E-state index contributed by atoms with van der Waals surface area (Å²) in [5.41, 5.74) is 1.74. The van der Waals surface area contributed by atoms with Gasteiger partial charge in [-0.15, -0.1) is 11.3 Å². The molecule has 1 heterocycles. The Morgan fingerprint density at radius 2 is 1.76 bits per heavy atom. The number of ether oxygens (including phenoxy) is 1. The second kappa shape index (κ2) is 10.2. The maximum absolute atomic E-state index is 12.2. The van der Waals surface area contributed by atoms with Gasteiger partial charge in [-0.1, -0.05) is 12.1 Å². The number of carbonyl (C=O) groups is 3. The second-order valence-corrected chi connectivity index (χ2v) is 8.43. The zero-order chi connectivity index (χ0) is 21.4. The predicted octanol–water partition coefficient (Wildman–Crippen LogP) is 2.70. The fraction of sp³-hybridized carbons (Fsp3) is 0.381. The van der Waals surface area contributed by atoms with Gasteiger partial charge in [-0.25, -0.2) is 0 Å². The van der Waals surface area contributed by atoms with E-state index >= 15 is 0 Å². The molecule has 0 fully saturated rings. The lowest BCUT2D eigenvalue weighted by atomic mass is 10.0. The molecule has 1 amide bonds. The molecule has 1 aromatic carbocycles. The average Bonchev–Trinajstić information content (AvgIpc) is 3.07. The summed E-state index contributed by atoms with van der Waals surface area (Å²) in [5, 5.41) is 16.6. The maximum atomic E-state index is 12.2. The summed E-state index contributed by atoms with van der Waals surface area (Å²) < 4.78 is 5.19. The fourth-order valence-corrected chi connectivity index (χ4v) is 3.50. The van der Waals surface area contributed by atoms with Crippen molar-refractivity contribution in [3.63, 3.8) is 0 Å². The quantitative estimate of drug-likeness (QED) is 0.427. The molecule has 0 saturated carbocycles. The van der Waals surface area contributed by atoms with Gasteiger partial charge in [-0.2, -0.15) is 0 Å². The van der Waals surface area contributed by atoms with E-state index in [1.165, 1.54) is 11.3 Å². The number of thiophene rings is 1. The van der Waals surface area contributed by atoms with E-state index in [1.54, 1.807) is 12.1 Å². The molecule has 0 saturated heterocycles. The molecular weight excluding hydrogens is 392 g/mol. The van der Waals surface area contributed by atoms with E-state index in [4.69, 9.17) is 9.84 Å². The molecule has 0 aliphatic heterocycles. The molecule has 2 rings (SSSR count). The van der Waals surface area contributed by atoms with E-state index in [0.29, 0.717) is 18.7 Å². The van der Waals surface area contributed by atoms with Gasteiger partial charge in [-0.3, -0.25) is 14.4 Å². The average molecular weight is 419 g/mol. The summed E-state index contributed by atoms with van der Waals surface area (Å²) in [6.45, 7) is 6.32. The molecule has 0 bridgehead atoms. The highest BCUT2D eigenvalue weighted by Gasteiger charge is 2.15. The van der Waals surface area contributed by atoms with E-state index in [2.05, 4.69) is 10.6 Å². The van der Waals surface area contributed by atoms with Crippen molar-refractivity contribution >= 4 is 29.2 Å². The van der Waals surface area contributed by atoms with Crippen LogP contribution in [0, 0.1) is 0 Å². The maximum Gasteiger partial charge on any atom is 0.320 e. The number of esters is 1. The van der Waals surface area contributed by atoms with E-state index < -0.39 is 11.6 Å². The lowest BCUT2D eigenvalue weighted by Crippen LogP contribution is -2.36. The van der Waals surface area contributed by atoms with Crippen molar-refractivity contribution in [3.8, 4) is 11.1 Å². The number of rotatable bonds is 9. The van der Waals surface area contributed by atoms with E-state index in [-0.39, 0.29) is 24.8 Å². The summed E-state index contributed by atoms with van der Waals surface area (Å²) in [7, 11) is 0. The predicted molar refractivity (Wildman–Crippen MR) is 112 cm³/mol. The van der Waals surface area contributed by atoms with Crippen LogP contribution >= 0.6 is 11.3 Å². The number of nitrogens with one attached hydrogen (secondary N) is 2. The Balaban J connectivity index is 1.80. The first kappa shape index (κ1) is 22.6. The Morgan fingerprint density at radius 3 is 2.38 bits per heavy atom. The highest BCUT2D eigenvalue weighted by atomic mass is 32.1. The van der Waals surface area contributed by atoms with E-state index in [9.17, 15) is 14.4 Å². The number of aliphatic carboxylic acids is 1. The van der Waals surface area contributed by atoms with Crippen LogP contribution in [0.3, 0.4) is 0 Å². The summed E-state index contributed by atoms with van der Waals surface area (Å²) in [6, 6.07) is 8.92. The van der Waals surface area contributed by atoms with Crippen molar-refractivity contribution in [3.05, 3.63) is 46.2 Å². The van der Waals surface area contributed by atoms with Gasteiger partial charge in [0.15, 0.2) is 0 Å². The van der Waals surface area contributed by atoms with Crippen molar-refractivity contribution < 1.29 is 24.2 Å². The van der Waals surface area contributed by atoms with Crippen LogP contribution in [-0.4, -0.2) is 48.2 Å². The molecule has 7 nitrogen and oxygen atoms in total. The molecule has 8 heteroatoms. The van der Waals surface area contributed by atoms with Crippen LogP contribution in [0.5, 0.6) is 0 Å². The van der Waals surface area contributed by atoms with E-state index in [1.807, 2.05) is 44.4 Å². The Bertz CT molecular complexity index is 853. The zero-order valence-electron chi connectivity index (χ0n) is 16.8. The van der Waals surface area contributed by atoms with Crippen LogP contribution in [0.15, 0.2) is 35.7 Å². The third-order valence-corrected chi connectivity index (χ3v) is 4.71. The lowest BCUT2D eigenvalue weighted by Gasteiger charge is -2.19. The molecule has 2 aromatic rings. The van der Waals surface area contributed by atoms with Crippen LogP contribution in [0.25, 0.3) is 11.1 Å². The van der Waals surface area contributed by atoms with Gasteiger partial charge in [0.1, 0.15) is 5.60 Å². The lowest BCUT2D eigenvalue weighted by molar-refractivity contribution is -0.153. The summed E-state index contributed by atoms with van der Waals surface area (Å²) in [5.74, 6) is -1.42. The zero-order valence-corrected chi connectivity index (χ0v) is 17.6. The number of hydrogen-bond acceptors (Lipinski definition) is 6. The van der Waals surface area contributed by atoms with Crippen LogP contribution in [0.2, 0.25) is 0 Å². The Morgan fingerprint density at radius 1 is 1.07 bits per heavy atom. The van der Waals surface area contributed by atoms with Crippen LogP contribution in [0.1, 0.15) is 36.0 Å². The molecule has 0 unspecified atom stereocenters. The third-order valence-electron chi connectivity index (χ3n) is 3.79. The number of amides is 1. The molecule has 0 atom stereocenters. The van der Waals surface area contributed by atoms with Crippen molar-refractivity contribution in [2.45, 2.75) is 32.8 Å². The minimum Gasteiger partial charge on any atom is -0.481 e. The Labute approximate surface area is 174 Å². The summed E-state index contributed by atoms with van der Waals surface area (Å²) >= 11 is 1.40. The summed E-state index contributed by atoms with van der Waals surface area (Å²) in [6.07, 6.45) is -0.0223. The van der Waals surface area contributed by atoms with Crippen LogP contribution in [-0.2, 0) is 20.7 Å². The standard InChI is InChI=1S/C21H26N2O5S/c1-21(2,3)28-19(26)13-22-9-10-23-20(27)15-6-4-14(5-7-15)16-8-11-29-17(16)12-18(24)25/h4-8,11,22H,9-10,12-13H2,1-3H3,(H,23,27)(H,24,25). The van der Waals surface area contributed by atoms with Crippen LogP contribution in [0.4, 0.5) is 0 Å². The number of carboxylic acids is 1. The summed E-state index contributed by atoms with van der Waals surface area (Å²) in [4.78, 5) is 35.6. The first-order valence-electron chi connectivity index (χ1n) is 9.25. The van der Waals surface area contributed by atoms with Crippen LogP contribution < -0.4 is 10.6 Å². The van der Waals surface area contributed by atoms with Gasteiger partial charge in [0.2, 0.25) is 0 Å². The number of carboxylic acid groups (broad SMARTS) is 1. The molecule has 1 aromatic heterocycles. The molecule has 29 heavy (non-hydrogen) atoms. The third kappa shape index (κ3) is 7.67. The molecule has 0 radical (unpaired) electrons. The smallest absolute Gasteiger partial charge is 0.320 e. The van der Waals surface area contributed by atoms with Gasteiger partial charge in [0.25, 0.3) is 5.91 Å². The largest absolute Gasteiger partial charge is 0.481 e. The number of carbonyl (C=O) groups excluding carboxylic acids is 2. The molecule has 0 spiro atoms. The molecule has 3 N–H and O–H groups in total. The molecule has 156 valence electrons. The van der Waals surface area contributed by atoms with Gasteiger partial charge < -0.3 is 20.5 Å². The number of hydrogen-bond donors (Lipinski definition) is 3. The van der Waals surface area contributed by atoms with Crippen molar-refractivity contribution in [2.24, 2.45) is 0 Å². The van der Waals surface area contributed by atoms with Gasteiger partial charge in [-0.05, 0) is 55.5 Å². The SMILES string of the molecule is CC(C)(C)OC(=O)CNCCNC(=O)c1ccc(-c2ccsc2CC(=O)O)cc1. The van der Waals surface area contributed by atoms with Crippen molar-refractivity contribution in [1.29, 1.82) is 0 Å². The normalized spacial score (nSPS) is 11.1.